The Bertz CT molecular complexity index is 1010. The molecule has 1 N–H and O–H groups in total. The maximum absolute atomic E-state index is 12.8. The van der Waals surface area contributed by atoms with E-state index in [-0.39, 0.29) is 17.9 Å². The lowest BCUT2D eigenvalue weighted by molar-refractivity contribution is -0.118. The van der Waals surface area contributed by atoms with Crippen LogP contribution in [-0.2, 0) is 11.8 Å². The van der Waals surface area contributed by atoms with E-state index in [1.807, 2.05) is 36.4 Å². The highest BCUT2D eigenvalue weighted by atomic mass is 16.5. The second-order valence-electron chi connectivity index (χ2n) is 5.92. The molecule has 3 aromatic rings. The number of anilines is 1. The van der Waals surface area contributed by atoms with Gasteiger partial charge in [-0.1, -0.05) is 30.3 Å². The monoisotopic (exact) mass is 367 g/mol. The van der Waals surface area contributed by atoms with E-state index in [2.05, 4.69) is 5.32 Å². The fraction of sp³-hybridized carbons (Fsp3) is 0.200. The van der Waals surface area contributed by atoms with Gasteiger partial charge in [0, 0.05) is 7.05 Å². The highest BCUT2D eigenvalue weighted by molar-refractivity contribution is 5.92. The smallest absolute Gasteiger partial charge is 0.295 e. The van der Waals surface area contributed by atoms with Crippen LogP contribution < -0.4 is 20.3 Å². The predicted octanol–water partition coefficient (Wildman–Crippen LogP) is 2.51. The first-order valence-corrected chi connectivity index (χ1v) is 8.42. The molecule has 7 heteroatoms. The Morgan fingerprint density at radius 3 is 2.33 bits per heavy atom. The third-order valence-electron chi connectivity index (χ3n) is 4.25. The minimum atomic E-state index is -0.424. The van der Waals surface area contributed by atoms with Crippen molar-refractivity contribution in [3.05, 3.63) is 70.6 Å². The van der Waals surface area contributed by atoms with Crippen molar-refractivity contribution < 1.29 is 14.3 Å². The second kappa shape index (κ2) is 7.82. The lowest BCUT2D eigenvalue weighted by atomic mass is 10.3. The van der Waals surface area contributed by atoms with Gasteiger partial charge in [-0.2, -0.15) is 0 Å². The zero-order chi connectivity index (χ0) is 19.4. The van der Waals surface area contributed by atoms with Gasteiger partial charge in [0.2, 0.25) is 0 Å². The number of nitrogens with zero attached hydrogens (tertiary/aromatic N) is 2. The largest absolute Gasteiger partial charge is 0.493 e. The fourth-order valence-electron chi connectivity index (χ4n) is 2.77. The predicted molar refractivity (Wildman–Crippen MR) is 103 cm³/mol. The fourth-order valence-corrected chi connectivity index (χ4v) is 2.77. The summed E-state index contributed by atoms with van der Waals surface area (Å²) >= 11 is 0. The van der Waals surface area contributed by atoms with Crippen LogP contribution >= 0.6 is 0 Å². The average Bonchev–Trinajstić information content (AvgIpc) is 2.90. The number of hydrogen-bond acceptors (Lipinski definition) is 4. The van der Waals surface area contributed by atoms with Crippen molar-refractivity contribution in [3.8, 4) is 17.2 Å². The van der Waals surface area contributed by atoms with Crippen molar-refractivity contribution in [1.82, 2.24) is 9.36 Å². The number of methoxy groups -OCH3 is 1. The molecule has 1 heterocycles. The molecule has 0 aliphatic heterocycles. The van der Waals surface area contributed by atoms with Crippen molar-refractivity contribution in [1.29, 1.82) is 0 Å². The van der Waals surface area contributed by atoms with Crippen LogP contribution in [0.2, 0.25) is 0 Å². The molecular weight excluding hydrogens is 346 g/mol. The number of aromatic nitrogens is 2. The van der Waals surface area contributed by atoms with Gasteiger partial charge in [-0.15, -0.1) is 0 Å². The molecule has 0 aliphatic carbocycles. The number of amides is 1. The van der Waals surface area contributed by atoms with Crippen molar-refractivity contribution in [2.24, 2.45) is 7.05 Å². The van der Waals surface area contributed by atoms with Gasteiger partial charge < -0.3 is 14.8 Å². The number of nitrogens with one attached hydrogen (secondary N) is 1. The van der Waals surface area contributed by atoms with Crippen LogP contribution in [-0.4, -0.2) is 29.0 Å². The van der Waals surface area contributed by atoms with Gasteiger partial charge in [-0.25, -0.2) is 4.68 Å². The molecule has 2 aromatic carbocycles. The second-order valence-corrected chi connectivity index (χ2v) is 5.92. The summed E-state index contributed by atoms with van der Waals surface area (Å²) in [7, 11) is 3.30. The summed E-state index contributed by atoms with van der Waals surface area (Å²) in [6.45, 7) is 1.54. The van der Waals surface area contributed by atoms with Gasteiger partial charge in [0.05, 0.1) is 18.5 Å². The Labute approximate surface area is 156 Å². The molecule has 3 rings (SSSR count). The Morgan fingerprint density at radius 1 is 1.04 bits per heavy atom. The normalized spacial score (nSPS) is 10.5. The van der Waals surface area contributed by atoms with E-state index in [4.69, 9.17) is 9.47 Å². The Balaban J connectivity index is 1.78. The first-order valence-electron chi connectivity index (χ1n) is 8.42. The first-order chi connectivity index (χ1) is 13.0. The lowest BCUT2D eigenvalue weighted by Gasteiger charge is -2.10. The van der Waals surface area contributed by atoms with Gasteiger partial charge in [0.1, 0.15) is 5.69 Å². The highest BCUT2D eigenvalue weighted by Crippen LogP contribution is 2.25. The third kappa shape index (κ3) is 3.72. The molecule has 1 aromatic heterocycles. The number of para-hydroxylation sites is 3. The van der Waals surface area contributed by atoms with Gasteiger partial charge in [-0.3, -0.25) is 14.3 Å². The van der Waals surface area contributed by atoms with E-state index in [0.29, 0.717) is 17.2 Å². The number of hydrogen-bond donors (Lipinski definition) is 1. The van der Waals surface area contributed by atoms with E-state index >= 15 is 0 Å². The highest BCUT2D eigenvalue weighted by Gasteiger charge is 2.18. The standard InChI is InChI=1S/C20H21N3O4/c1-14-19(20(25)23(22(14)2)15-9-5-4-6-10-15)21-18(24)13-27-17-12-8-7-11-16(17)26-3/h4-12H,13H2,1-3H3,(H,21,24). The summed E-state index contributed by atoms with van der Waals surface area (Å²) in [4.78, 5) is 25.1. The number of rotatable bonds is 6. The van der Waals surface area contributed by atoms with Gasteiger partial charge in [-0.05, 0) is 31.2 Å². The molecule has 0 atom stereocenters. The molecule has 1 amide bonds. The number of ether oxygens (including phenoxy) is 2. The summed E-state index contributed by atoms with van der Waals surface area (Å²) < 4.78 is 13.9. The average molecular weight is 367 g/mol. The van der Waals surface area contributed by atoms with E-state index in [0.717, 1.165) is 5.69 Å². The maximum atomic E-state index is 12.8. The Hall–Kier alpha value is -3.48. The SMILES string of the molecule is COc1ccccc1OCC(=O)Nc1c(C)n(C)n(-c2ccccc2)c1=O. The van der Waals surface area contributed by atoms with E-state index in [1.165, 1.54) is 11.8 Å². The molecule has 0 bridgehead atoms. The Kier molecular flexibility index (Phi) is 5.30. The summed E-state index contributed by atoms with van der Waals surface area (Å²) in [5, 5.41) is 2.66. The van der Waals surface area contributed by atoms with Gasteiger partial charge >= 0.3 is 0 Å². The molecule has 0 spiro atoms. The molecule has 140 valence electrons. The molecular formula is C20H21N3O4. The number of carbonyl (C=O) groups excluding carboxylic acids is 1. The molecule has 0 radical (unpaired) electrons. The Morgan fingerprint density at radius 2 is 1.67 bits per heavy atom. The van der Waals surface area contributed by atoms with Crippen LogP contribution in [0, 0.1) is 6.92 Å². The van der Waals surface area contributed by atoms with Crippen LogP contribution in [0.25, 0.3) is 5.69 Å². The van der Waals surface area contributed by atoms with E-state index < -0.39 is 5.91 Å². The van der Waals surface area contributed by atoms with Crippen LogP contribution in [0.4, 0.5) is 5.69 Å². The molecule has 7 nitrogen and oxygen atoms in total. The lowest BCUT2D eigenvalue weighted by Crippen LogP contribution is -2.25. The topological polar surface area (TPSA) is 74.5 Å². The molecule has 0 fully saturated rings. The van der Waals surface area contributed by atoms with Gasteiger partial charge in [0.25, 0.3) is 11.5 Å². The quantitative estimate of drug-likeness (QED) is 0.726. The minimum absolute atomic E-state index is 0.231. The number of carbonyl (C=O) groups is 1. The van der Waals surface area contributed by atoms with Crippen molar-refractivity contribution in [2.75, 3.05) is 19.0 Å². The molecule has 0 saturated heterocycles. The third-order valence-corrected chi connectivity index (χ3v) is 4.25. The molecule has 0 unspecified atom stereocenters. The van der Waals surface area contributed by atoms with Crippen LogP contribution in [0.5, 0.6) is 11.5 Å². The minimum Gasteiger partial charge on any atom is -0.493 e. The maximum Gasteiger partial charge on any atom is 0.295 e. The first kappa shape index (κ1) is 18.3. The van der Waals surface area contributed by atoms with Crippen LogP contribution in [0.1, 0.15) is 5.69 Å². The number of benzene rings is 2. The summed E-state index contributed by atoms with van der Waals surface area (Å²) in [6, 6.07) is 16.3. The summed E-state index contributed by atoms with van der Waals surface area (Å²) in [6.07, 6.45) is 0. The van der Waals surface area contributed by atoms with Crippen LogP contribution in [0.3, 0.4) is 0 Å². The van der Waals surface area contributed by atoms with E-state index in [1.54, 1.807) is 36.9 Å². The van der Waals surface area contributed by atoms with Crippen molar-refractivity contribution >= 4 is 11.6 Å². The van der Waals surface area contributed by atoms with Crippen molar-refractivity contribution in [3.63, 3.8) is 0 Å². The summed E-state index contributed by atoms with van der Waals surface area (Å²) in [5.74, 6) is 0.571. The van der Waals surface area contributed by atoms with E-state index in [9.17, 15) is 9.59 Å². The van der Waals surface area contributed by atoms with Gasteiger partial charge in [0.15, 0.2) is 18.1 Å². The zero-order valence-electron chi connectivity index (χ0n) is 15.4. The molecule has 0 saturated carbocycles. The van der Waals surface area contributed by atoms with Crippen LogP contribution in [0.15, 0.2) is 59.4 Å². The summed E-state index contributed by atoms with van der Waals surface area (Å²) in [5.41, 5.74) is 1.30. The molecule has 0 aliphatic rings. The zero-order valence-corrected chi connectivity index (χ0v) is 15.4. The van der Waals surface area contributed by atoms with Crippen molar-refractivity contribution in [2.45, 2.75) is 6.92 Å². The molecule has 27 heavy (non-hydrogen) atoms.